The van der Waals surface area contributed by atoms with E-state index in [-0.39, 0.29) is 5.82 Å². The summed E-state index contributed by atoms with van der Waals surface area (Å²) in [5.74, 6) is -0.200. The minimum atomic E-state index is -0.620. The van der Waals surface area contributed by atoms with Crippen molar-refractivity contribution in [2.75, 3.05) is 0 Å². The topological polar surface area (TPSA) is 38.1 Å². The van der Waals surface area contributed by atoms with E-state index in [9.17, 15) is 4.39 Å². The molecule has 1 atom stereocenters. The molecule has 1 unspecified atom stereocenters. The van der Waals surface area contributed by atoms with Gasteiger partial charge in [0.15, 0.2) is 0 Å². The average Bonchev–Trinajstić information content (AvgIpc) is 2.65. The molecule has 3 heterocycles. The Morgan fingerprint density at radius 3 is 2.62 bits per heavy atom. The Hall–Kier alpha value is -2.88. The SMILES string of the molecule is Cc1cc(C2=NC(C)(c3ccccn3)Cc3c(F)cccc32)cnc1C. The molecule has 0 saturated carbocycles. The number of fused-ring (bicyclic) bond motifs is 1. The quantitative estimate of drug-likeness (QED) is 0.684. The number of nitrogens with zero attached hydrogens (tertiary/aromatic N) is 3. The molecule has 4 heteroatoms. The van der Waals surface area contributed by atoms with Crippen molar-refractivity contribution >= 4 is 5.71 Å². The monoisotopic (exact) mass is 345 g/mol. The molecular formula is C22H20FN3. The fourth-order valence-corrected chi connectivity index (χ4v) is 3.47. The van der Waals surface area contributed by atoms with Gasteiger partial charge in [-0.05, 0) is 50.6 Å². The lowest BCUT2D eigenvalue weighted by Crippen LogP contribution is -2.32. The summed E-state index contributed by atoms with van der Waals surface area (Å²) in [7, 11) is 0. The van der Waals surface area contributed by atoms with Gasteiger partial charge in [-0.3, -0.25) is 15.0 Å². The number of benzene rings is 1. The lowest BCUT2D eigenvalue weighted by Gasteiger charge is -2.32. The molecule has 2 aromatic heterocycles. The molecule has 1 aliphatic rings. The van der Waals surface area contributed by atoms with Crippen LogP contribution in [0.1, 0.15) is 40.6 Å². The fraction of sp³-hybridized carbons (Fsp3) is 0.227. The zero-order valence-corrected chi connectivity index (χ0v) is 15.1. The van der Waals surface area contributed by atoms with Crippen molar-refractivity contribution in [3.05, 3.63) is 94.3 Å². The molecule has 0 bridgehead atoms. The van der Waals surface area contributed by atoms with Crippen LogP contribution in [-0.4, -0.2) is 15.7 Å². The van der Waals surface area contributed by atoms with E-state index in [1.165, 1.54) is 6.07 Å². The highest BCUT2D eigenvalue weighted by Crippen LogP contribution is 2.37. The van der Waals surface area contributed by atoms with Crippen molar-refractivity contribution < 1.29 is 4.39 Å². The van der Waals surface area contributed by atoms with E-state index in [1.54, 1.807) is 12.3 Å². The lowest BCUT2D eigenvalue weighted by molar-refractivity contribution is 0.458. The Morgan fingerprint density at radius 2 is 1.88 bits per heavy atom. The Kier molecular flexibility index (Phi) is 3.91. The van der Waals surface area contributed by atoms with Crippen molar-refractivity contribution in [1.29, 1.82) is 0 Å². The van der Waals surface area contributed by atoms with Crippen LogP contribution in [0.2, 0.25) is 0 Å². The molecule has 0 spiro atoms. The maximum atomic E-state index is 14.7. The smallest absolute Gasteiger partial charge is 0.127 e. The number of pyridine rings is 2. The summed E-state index contributed by atoms with van der Waals surface area (Å²) < 4.78 is 14.7. The first kappa shape index (κ1) is 16.6. The predicted octanol–water partition coefficient (Wildman–Crippen LogP) is 4.54. The standard InChI is InChI=1S/C22H20FN3/c1-14-11-16(13-25-15(14)2)21-17-7-6-8-19(23)18(17)12-22(3,26-21)20-9-4-5-10-24-20/h4-11,13H,12H2,1-3H3. The van der Waals surface area contributed by atoms with Crippen molar-refractivity contribution in [2.45, 2.75) is 32.7 Å². The molecule has 1 aromatic carbocycles. The predicted molar refractivity (Wildman–Crippen MR) is 101 cm³/mol. The van der Waals surface area contributed by atoms with Crippen molar-refractivity contribution in [3.8, 4) is 0 Å². The third-order valence-electron chi connectivity index (χ3n) is 5.08. The number of aliphatic imine (C=N–C) groups is 1. The Morgan fingerprint density at radius 1 is 1.04 bits per heavy atom. The molecule has 3 nitrogen and oxygen atoms in total. The number of aromatic nitrogens is 2. The molecule has 3 aromatic rings. The molecular weight excluding hydrogens is 325 g/mol. The fourth-order valence-electron chi connectivity index (χ4n) is 3.47. The highest BCUT2D eigenvalue weighted by atomic mass is 19.1. The molecule has 0 saturated heterocycles. The molecule has 130 valence electrons. The van der Waals surface area contributed by atoms with Crippen LogP contribution in [-0.2, 0) is 12.0 Å². The first-order valence-electron chi connectivity index (χ1n) is 8.71. The number of hydrogen-bond donors (Lipinski definition) is 0. The second kappa shape index (κ2) is 6.13. The third-order valence-corrected chi connectivity index (χ3v) is 5.08. The summed E-state index contributed by atoms with van der Waals surface area (Å²) in [4.78, 5) is 14.0. The lowest BCUT2D eigenvalue weighted by atomic mass is 9.81. The zero-order chi connectivity index (χ0) is 18.3. The van der Waals surface area contributed by atoms with Gasteiger partial charge in [0.2, 0.25) is 0 Å². The van der Waals surface area contributed by atoms with Gasteiger partial charge in [0, 0.05) is 41.2 Å². The maximum absolute atomic E-state index is 14.7. The largest absolute Gasteiger partial charge is 0.271 e. The summed E-state index contributed by atoms with van der Waals surface area (Å²) in [5, 5.41) is 0. The van der Waals surface area contributed by atoms with E-state index >= 15 is 0 Å². The molecule has 0 N–H and O–H groups in total. The molecule has 0 fully saturated rings. The van der Waals surface area contributed by atoms with E-state index < -0.39 is 5.54 Å². The maximum Gasteiger partial charge on any atom is 0.127 e. The number of halogens is 1. The molecule has 26 heavy (non-hydrogen) atoms. The number of hydrogen-bond acceptors (Lipinski definition) is 3. The summed E-state index contributed by atoms with van der Waals surface area (Å²) in [5.41, 5.74) is 5.49. The van der Waals surface area contributed by atoms with Crippen LogP contribution in [0, 0.1) is 19.7 Å². The zero-order valence-electron chi connectivity index (χ0n) is 15.1. The number of aryl methyl sites for hydroxylation is 2. The van der Waals surface area contributed by atoms with Gasteiger partial charge in [-0.15, -0.1) is 0 Å². The van der Waals surface area contributed by atoms with E-state index in [0.717, 1.165) is 33.8 Å². The minimum Gasteiger partial charge on any atom is -0.271 e. The molecule has 0 radical (unpaired) electrons. The molecule has 1 aliphatic heterocycles. The van der Waals surface area contributed by atoms with E-state index in [2.05, 4.69) is 16.0 Å². The summed E-state index contributed by atoms with van der Waals surface area (Å²) in [6.45, 7) is 6.02. The van der Waals surface area contributed by atoms with Crippen molar-refractivity contribution in [2.24, 2.45) is 4.99 Å². The third kappa shape index (κ3) is 2.71. The van der Waals surface area contributed by atoms with Gasteiger partial charge in [-0.25, -0.2) is 4.39 Å². The molecule has 0 amide bonds. The molecule has 0 aliphatic carbocycles. The summed E-state index contributed by atoms with van der Waals surface area (Å²) in [6.07, 6.45) is 4.05. The number of rotatable bonds is 2. The summed E-state index contributed by atoms with van der Waals surface area (Å²) in [6, 6.07) is 13.0. The minimum absolute atomic E-state index is 0.200. The van der Waals surface area contributed by atoms with Gasteiger partial charge in [-0.1, -0.05) is 18.2 Å². The highest BCUT2D eigenvalue weighted by Gasteiger charge is 2.35. The molecule has 4 rings (SSSR count). The second-order valence-electron chi connectivity index (χ2n) is 7.02. The van der Waals surface area contributed by atoms with E-state index in [0.29, 0.717) is 12.0 Å². The van der Waals surface area contributed by atoms with Crippen LogP contribution in [0.4, 0.5) is 4.39 Å². The van der Waals surface area contributed by atoms with Gasteiger partial charge >= 0.3 is 0 Å². The van der Waals surface area contributed by atoms with Crippen LogP contribution >= 0.6 is 0 Å². The van der Waals surface area contributed by atoms with E-state index in [1.807, 2.05) is 51.2 Å². The average molecular weight is 345 g/mol. The van der Waals surface area contributed by atoms with Crippen molar-refractivity contribution in [3.63, 3.8) is 0 Å². The van der Waals surface area contributed by atoms with Crippen LogP contribution in [0.3, 0.4) is 0 Å². The van der Waals surface area contributed by atoms with E-state index in [4.69, 9.17) is 4.99 Å². The van der Waals surface area contributed by atoms with Crippen LogP contribution < -0.4 is 0 Å². The van der Waals surface area contributed by atoms with Crippen LogP contribution in [0.5, 0.6) is 0 Å². The first-order chi connectivity index (χ1) is 12.5. The van der Waals surface area contributed by atoms with Gasteiger partial charge in [0.1, 0.15) is 11.4 Å². The van der Waals surface area contributed by atoms with Crippen molar-refractivity contribution in [1.82, 2.24) is 9.97 Å². The van der Waals surface area contributed by atoms with Crippen LogP contribution in [0.25, 0.3) is 0 Å². The Labute approximate surface area is 152 Å². The van der Waals surface area contributed by atoms with Crippen LogP contribution in [0.15, 0.2) is 59.9 Å². The summed E-state index contributed by atoms with van der Waals surface area (Å²) >= 11 is 0. The Balaban J connectivity index is 1.96. The highest BCUT2D eigenvalue weighted by molar-refractivity contribution is 6.14. The van der Waals surface area contributed by atoms with Gasteiger partial charge in [0.25, 0.3) is 0 Å². The first-order valence-corrected chi connectivity index (χ1v) is 8.71. The van der Waals surface area contributed by atoms with Gasteiger partial charge in [-0.2, -0.15) is 0 Å². The Bertz CT molecular complexity index is 1010. The second-order valence-corrected chi connectivity index (χ2v) is 7.02. The van der Waals surface area contributed by atoms with Gasteiger partial charge < -0.3 is 0 Å². The normalized spacial score (nSPS) is 19.0. The van der Waals surface area contributed by atoms with Gasteiger partial charge in [0.05, 0.1) is 11.4 Å².